The lowest BCUT2D eigenvalue weighted by Gasteiger charge is -2.32. The van der Waals surface area contributed by atoms with E-state index in [1.165, 1.54) is 11.1 Å². The number of imide groups is 1. The van der Waals surface area contributed by atoms with Crippen molar-refractivity contribution < 1.29 is 9.59 Å². The number of thiazole rings is 1. The van der Waals surface area contributed by atoms with Crippen LogP contribution in [0.25, 0.3) is 10.2 Å². The Bertz CT molecular complexity index is 853. The topological polar surface area (TPSA) is 53.5 Å². The van der Waals surface area contributed by atoms with E-state index in [2.05, 4.69) is 17.0 Å². The quantitative estimate of drug-likeness (QED) is 0.749. The number of hydrogen-bond donors (Lipinski definition) is 0. The van der Waals surface area contributed by atoms with Gasteiger partial charge in [0.2, 0.25) is 11.8 Å². The molecular weight excluding hydrogens is 358 g/mol. The Morgan fingerprint density at radius 2 is 1.93 bits per heavy atom. The van der Waals surface area contributed by atoms with Crippen LogP contribution in [-0.2, 0) is 9.59 Å². The lowest BCUT2D eigenvalue weighted by Crippen LogP contribution is -2.43. The van der Waals surface area contributed by atoms with E-state index in [1.807, 2.05) is 12.1 Å². The van der Waals surface area contributed by atoms with Gasteiger partial charge in [0.05, 0.1) is 28.3 Å². The van der Waals surface area contributed by atoms with Crippen LogP contribution in [-0.4, -0.2) is 39.8 Å². The second kappa shape index (κ2) is 6.67. The Balaban J connectivity index is 1.36. The van der Waals surface area contributed by atoms with Crippen molar-refractivity contribution in [2.45, 2.75) is 57.4 Å². The third kappa shape index (κ3) is 2.90. The highest BCUT2D eigenvalue weighted by molar-refractivity contribution is 7.18. The lowest BCUT2D eigenvalue weighted by molar-refractivity contribution is -0.144. The summed E-state index contributed by atoms with van der Waals surface area (Å²) in [6.45, 7) is 1.35. The first kappa shape index (κ1) is 17.3. The molecule has 1 aromatic heterocycles. The first-order valence-corrected chi connectivity index (χ1v) is 10.9. The zero-order chi connectivity index (χ0) is 18.4. The number of benzene rings is 1. The van der Waals surface area contributed by atoms with Crippen LogP contribution in [0.15, 0.2) is 24.3 Å². The second-order valence-corrected chi connectivity index (χ2v) is 9.34. The maximum Gasteiger partial charge on any atom is 0.237 e. The molecule has 0 radical (unpaired) electrons. The highest BCUT2D eigenvalue weighted by atomic mass is 32.1. The lowest BCUT2D eigenvalue weighted by atomic mass is 9.73. The minimum atomic E-state index is -0.388. The van der Waals surface area contributed by atoms with E-state index >= 15 is 0 Å². The number of para-hydroxylation sites is 1. The van der Waals surface area contributed by atoms with E-state index in [4.69, 9.17) is 4.98 Å². The van der Waals surface area contributed by atoms with Crippen molar-refractivity contribution >= 4 is 33.4 Å². The summed E-state index contributed by atoms with van der Waals surface area (Å²) in [7, 11) is 0. The van der Waals surface area contributed by atoms with E-state index < -0.39 is 0 Å². The third-order valence-electron chi connectivity index (χ3n) is 6.58. The Morgan fingerprint density at radius 3 is 2.74 bits per heavy atom. The van der Waals surface area contributed by atoms with Gasteiger partial charge in [0, 0.05) is 13.0 Å². The Hall–Kier alpha value is -1.79. The smallest absolute Gasteiger partial charge is 0.237 e. The Kier molecular flexibility index (Phi) is 4.28. The molecule has 1 unspecified atom stereocenters. The number of amides is 2. The average Bonchev–Trinajstić information content (AvgIpc) is 3.36. The molecule has 2 amide bonds. The van der Waals surface area contributed by atoms with E-state index in [9.17, 15) is 9.59 Å². The predicted molar refractivity (Wildman–Crippen MR) is 105 cm³/mol. The van der Waals surface area contributed by atoms with Crippen molar-refractivity contribution in [3.63, 3.8) is 0 Å². The second-order valence-electron chi connectivity index (χ2n) is 8.28. The van der Waals surface area contributed by atoms with Crippen LogP contribution in [0.3, 0.4) is 0 Å². The zero-order valence-corrected chi connectivity index (χ0v) is 16.3. The first-order chi connectivity index (χ1) is 13.2. The van der Waals surface area contributed by atoms with Crippen LogP contribution in [0, 0.1) is 5.41 Å². The van der Waals surface area contributed by atoms with Crippen LogP contribution < -0.4 is 0 Å². The summed E-state index contributed by atoms with van der Waals surface area (Å²) in [5.41, 5.74) is 0.652. The molecule has 27 heavy (non-hydrogen) atoms. The summed E-state index contributed by atoms with van der Waals surface area (Å²) in [6.07, 6.45) is 7.66. The van der Waals surface area contributed by atoms with Crippen LogP contribution in [0.4, 0.5) is 0 Å². The Morgan fingerprint density at radius 1 is 1.11 bits per heavy atom. The maximum atomic E-state index is 13.1. The van der Waals surface area contributed by atoms with E-state index in [0.717, 1.165) is 55.6 Å². The highest BCUT2D eigenvalue weighted by Gasteiger charge is 2.52. The third-order valence-corrected chi connectivity index (χ3v) is 7.72. The molecule has 1 spiro atoms. The van der Waals surface area contributed by atoms with Crippen LogP contribution >= 0.6 is 11.3 Å². The van der Waals surface area contributed by atoms with Crippen molar-refractivity contribution in [2.24, 2.45) is 5.41 Å². The van der Waals surface area contributed by atoms with Gasteiger partial charge in [-0.15, -0.1) is 11.3 Å². The standard InChI is InChI=1S/C21H25N3O2S/c25-18-13-21(10-4-1-5-11-21)20(26)24(18)14-23-12-6-8-16(23)19-22-15-7-2-3-9-17(15)27-19/h2-3,7,9,16H,1,4-6,8,10-14H2. The SMILES string of the molecule is O=C1CC2(CCCCC2)C(=O)N1CN1CCCC1c1nc2ccccc2s1. The summed E-state index contributed by atoms with van der Waals surface area (Å²) < 4.78 is 1.20. The summed E-state index contributed by atoms with van der Waals surface area (Å²) in [5.74, 6) is 0.110. The molecule has 0 bridgehead atoms. The molecule has 2 aromatic rings. The van der Waals surface area contributed by atoms with E-state index in [1.54, 1.807) is 16.2 Å². The Labute approximate surface area is 163 Å². The van der Waals surface area contributed by atoms with Gasteiger partial charge in [-0.3, -0.25) is 19.4 Å². The van der Waals surface area contributed by atoms with Crippen molar-refractivity contribution in [1.82, 2.24) is 14.8 Å². The van der Waals surface area contributed by atoms with Gasteiger partial charge >= 0.3 is 0 Å². The van der Waals surface area contributed by atoms with Crippen molar-refractivity contribution in [2.75, 3.05) is 13.2 Å². The summed E-state index contributed by atoms with van der Waals surface area (Å²) in [5, 5.41) is 1.11. The molecule has 3 fully saturated rings. The molecule has 142 valence electrons. The number of hydrogen-bond acceptors (Lipinski definition) is 5. The number of nitrogens with zero attached hydrogens (tertiary/aromatic N) is 3. The van der Waals surface area contributed by atoms with Gasteiger partial charge in [-0.05, 0) is 37.8 Å². The number of fused-ring (bicyclic) bond motifs is 1. The van der Waals surface area contributed by atoms with Gasteiger partial charge in [0.15, 0.2) is 0 Å². The number of carbonyl (C=O) groups is 2. The molecule has 3 heterocycles. The van der Waals surface area contributed by atoms with Crippen molar-refractivity contribution in [3.8, 4) is 0 Å². The van der Waals surface area contributed by atoms with Crippen LogP contribution in [0.1, 0.15) is 62.4 Å². The fourth-order valence-corrected chi connectivity index (χ4v) is 6.25. The minimum Gasteiger partial charge on any atom is -0.276 e. The molecule has 2 saturated heterocycles. The molecular formula is C21H25N3O2S. The molecule has 0 N–H and O–H groups in total. The zero-order valence-electron chi connectivity index (χ0n) is 15.5. The fraction of sp³-hybridized carbons (Fsp3) is 0.571. The molecule has 1 aliphatic carbocycles. The molecule has 6 heteroatoms. The predicted octanol–water partition coefficient (Wildman–Crippen LogP) is 4.10. The van der Waals surface area contributed by atoms with Crippen LogP contribution in [0.2, 0.25) is 0 Å². The molecule has 1 saturated carbocycles. The monoisotopic (exact) mass is 383 g/mol. The first-order valence-electron chi connectivity index (χ1n) is 10.1. The maximum absolute atomic E-state index is 13.1. The van der Waals surface area contributed by atoms with Crippen LogP contribution in [0.5, 0.6) is 0 Å². The van der Waals surface area contributed by atoms with Crippen molar-refractivity contribution in [1.29, 1.82) is 0 Å². The molecule has 5 rings (SSSR count). The number of carbonyl (C=O) groups excluding carboxylic acids is 2. The van der Waals surface area contributed by atoms with Gasteiger partial charge in [0.1, 0.15) is 5.01 Å². The van der Waals surface area contributed by atoms with Gasteiger partial charge in [0.25, 0.3) is 0 Å². The summed E-state index contributed by atoms with van der Waals surface area (Å²) in [6, 6.07) is 8.43. The van der Waals surface area contributed by atoms with E-state index in [-0.39, 0.29) is 23.3 Å². The van der Waals surface area contributed by atoms with E-state index in [0.29, 0.717) is 13.1 Å². The van der Waals surface area contributed by atoms with Crippen molar-refractivity contribution in [3.05, 3.63) is 29.3 Å². The largest absolute Gasteiger partial charge is 0.276 e. The molecule has 5 nitrogen and oxygen atoms in total. The normalized spacial score (nSPS) is 25.9. The van der Waals surface area contributed by atoms with Gasteiger partial charge in [-0.2, -0.15) is 0 Å². The number of aromatic nitrogens is 1. The van der Waals surface area contributed by atoms with Gasteiger partial charge in [-0.1, -0.05) is 31.4 Å². The minimum absolute atomic E-state index is 0.0249. The summed E-state index contributed by atoms with van der Waals surface area (Å²) >= 11 is 1.74. The molecule has 2 aliphatic heterocycles. The number of rotatable bonds is 3. The van der Waals surface area contributed by atoms with Gasteiger partial charge < -0.3 is 0 Å². The fourth-order valence-electron chi connectivity index (χ4n) is 5.11. The number of likely N-dealkylation sites (tertiary alicyclic amines) is 2. The highest BCUT2D eigenvalue weighted by Crippen LogP contribution is 2.46. The van der Waals surface area contributed by atoms with Gasteiger partial charge in [-0.25, -0.2) is 4.98 Å². The molecule has 1 atom stereocenters. The summed E-state index contributed by atoms with van der Waals surface area (Å²) in [4.78, 5) is 34.5. The average molecular weight is 384 g/mol. The molecule has 3 aliphatic rings. The molecule has 1 aromatic carbocycles.